The predicted molar refractivity (Wildman–Crippen MR) is 84.2 cm³/mol. The number of aliphatic hydroxyl groups excluding tert-OH is 1. The van der Waals surface area contributed by atoms with Crippen molar-refractivity contribution < 1.29 is 9.52 Å². The standard InChI is InChI=1S/C17H20ClNO2/c18-16-4-2-1-3-15(16)17-6-5-14(21-17)11-19-9-7-13(12-20)8-10-19/h1-6,13,20H,7-12H2. The van der Waals surface area contributed by atoms with Crippen molar-refractivity contribution in [1.29, 1.82) is 0 Å². The maximum Gasteiger partial charge on any atom is 0.135 e. The normalized spacial score (nSPS) is 17.2. The molecule has 1 N–H and O–H groups in total. The number of rotatable bonds is 4. The van der Waals surface area contributed by atoms with Gasteiger partial charge in [-0.15, -0.1) is 0 Å². The van der Waals surface area contributed by atoms with Gasteiger partial charge in [0.1, 0.15) is 11.5 Å². The summed E-state index contributed by atoms with van der Waals surface area (Å²) >= 11 is 6.20. The van der Waals surface area contributed by atoms with Gasteiger partial charge in [-0.3, -0.25) is 4.90 Å². The Kier molecular flexibility index (Phi) is 4.63. The van der Waals surface area contributed by atoms with Crippen LogP contribution in [0, 0.1) is 5.92 Å². The second-order valence-corrected chi connectivity index (χ2v) is 6.06. The summed E-state index contributed by atoms with van der Waals surface area (Å²) in [6.45, 7) is 3.18. The second kappa shape index (κ2) is 6.65. The third-order valence-electron chi connectivity index (χ3n) is 4.15. The Bertz CT molecular complexity index is 588. The Morgan fingerprint density at radius 3 is 2.62 bits per heavy atom. The van der Waals surface area contributed by atoms with Gasteiger partial charge in [-0.25, -0.2) is 0 Å². The summed E-state index contributed by atoms with van der Waals surface area (Å²) in [5.41, 5.74) is 0.935. The van der Waals surface area contributed by atoms with Crippen LogP contribution < -0.4 is 0 Å². The average Bonchev–Trinajstić information content (AvgIpc) is 2.97. The molecule has 0 radical (unpaired) electrons. The maximum absolute atomic E-state index is 9.17. The first kappa shape index (κ1) is 14.6. The fraction of sp³-hybridized carbons (Fsp3) is 0.412. The summed E-state index contributed by atoms with van der Waals surface area (Å²) in [5.74, 6) is 2.25. The van der Waals surface area contributed by atoms with Gasteiger partial charge in [0, 0.05) is 12.2 Å². The summed E-state index contributed by atoms with van der Waals surface area (Å²) in [4.78, 5) is 2.38. The molecule has 1 aliphatic heterocycles. The zero-order chi connectivity index (χ0) is 14.7. The van der Waals surface area contributed by atoms with E-state index in [-0.39, 0.29) is 0 Å². The third kappa shape index (κ3) is 3.49. The van der Waals surface area contributed by atoms with Gasteiger partial charge < -0.3 is 9.52 Å². The van der Waals surface area contributed by atoms with E-state index in [0.717, 1.165) is 49.6 Å². The first-order valence-electron chi connectivity index (χ1n) is 7.43. The number of aliphatic hydroxyl groups is 1. The molecular weight excluding hydrogens is 286 g/mol. The lowest BCUT2D eigenvalue weighted by Crippen LogP contribution is -2.34. The Morgan fingerprint density at radius 1 is 1.14 bits per heavy atom. The van der Waals surface area contributed by atoms with Crippen molar-refractivity contribution in [3.63, 3.8) is 0 Å². The molecular formula is C17H20ClNO2. The van der Waals surface area contributed by atoms with Gasteiger partial charge >= 0.3 is 0 Å². The van der Waals surface area contributed by atoms with E-state index >= 15 is 0 Å². The molecule has 0 spiro atoms. The quantitative estimate of drug-likeness (QED) is 0.933. The van der Waals surface area contributed by atoms with Crippen molar-refractivity contribution in [3.05, 3.63) is 47.2 Å². The van der Waals surface area contributed by atoms with Crippen LogP contribution >= 0.6 is 11.6 Å². The van der Waals surface area contributed by atoms with Crippen molar-refractivity contribution >= 4 is 11.6 Å². The van der Waals surface area contributed by atoms with Gasteiger partial charge in [0.05, 0.1) is 11.6 Å². The van der Waals surface area contributed by atoms with Crippen LogP contribution in [0.5, 0.6) is 0 Å². The summed E-state index contributed by atoms with van der Waals surface area (Å²) in [7, 11) is 0. The molecule has 1 fully saturated rings. The number of nitrogens with zero attached hydrogens (tertiary/aromatic N) is 1. The van der Waals surface area contributed by atoms with Crippen LogP contribution in [-0.4, -0.2) is 29.7 Å². The smallest absolute Gasteiger partial charge is 0.135 e. The molecule has 0 saturated carbocycles. The van der Waals surface area contributed by atoms with E-state index in [1.54, 1.807) is 0 Å². The largest absolute Gasteiger partial charge is 0.460 e. The van der Waals surface area contributed by atoms with Crippen LogP contribution in [0.3, 0.4) is 0 Å². The van der Waals surface area contributed by atoms with Crippen LogP contribution in [0.15, 0.2) is 40.8 Å². The average molecular weight is 306 g/mol. The number of hydrogen-bond acceptors (Lipinski definition) is 3. The van der Waals surface area contributed by atoms with Crippen LogP contribution in [0.2, 0.25) is 5.02 Å². The lowest BCUT2D eigenvalue weighted by Gasteiger charge is -2.30. The molecule has 3 nitrogen and oxygen atoms in total. The molecule has 0 aliphatic carbocycles. The Morgan fingerprint density at radius 2 is 1.90 bits per heavy atom. The lowest BCUT2D eigenvalue weighted by atomic mass is 9.98. The van der Waals surface area contributed by atoms with Crippen LogP contribution in [0.1, 0.15) is 18.6 Å². The molecule has 1 aromatic heterocycles. The fourth-order valence-electron chi connectivity index (χ4n) is 2.82. The fourth-order valence-corrected chi connectivity index (χ4v) is 3.05. The minimum atomic E-state index is 0.311. The van der Waals surface area contributed by atoms with E-state index in [0.29, 0.717) is 17.5 Å². The molecule has 112 valence electrons. The third-order valence-corrected chi connectivity index (χ3v) is 4.48. The monoisotopic (exact) mass is 305 g/mol. The van der Waals surface area contributed by atoms with Gasteiger partial charge in [0.15, 0.2) is 0 Å². The minimum Gasteiger partial charge on any atom is -0.460 e. The molecule has 1 aromatic carbocycles. The lowest BCUT2D eigenvalue weighted by molar-refractivity contribution is 0.122. The highest BCUT2D eigenvalue weighted by Crippen LogP contribution is 2.29. The predicted octanol–water partition coefficient (Wildman–Crippen LogP) is 3.80. The molecule has 2 aromatic rings. The van der Waals surface area contributed by atoms with Crippen molar-refractivity contribution in [2.24, 2.45) is 5.92 Å². The second-order valence-electron chi connectivity index (χ2n) is 5.65. The van der Waals surface area contributed by atoms with Crippen LogP contribution in [-0.2, 0) is 6.54 Å². The molecule has 0 amide bonds. The molecule has 1 aliphatic rings. The number of halogens is 1. The van der Waals surface area contributed by atoms with Gasteiger partial charge in [0.2, 0.25) is 0 Å². The van der Waals surface area contributed by atoms with Crippen molar-refractivity contribution in [2.75, 3.05) is 19.7 Å². The number of benzene rings is 1. The number of hydrogen-bond donors (Lipinski definition) is 1. The molecule has 3 rings (SSSR count). The maximum atomic E-state index is 9.17. The first-order chi connectivity index (χ1) is 10.3. The zero-order valence-corrected chi connectivity index (χ0v) is 12.7. The van der Waals surface area contributed by atoms with Crippen molar-refractivity contribution in [2.45, 2.75) is 19.4 Å². The highest BCUT2D eigenvalue weighted by atomic mass is 35.5. The van der Waals surface area contributed by atoms with E-state index in [9.17, 15) is 5.11 Å². The summed E-state index contributed by atoms with van der Waals surface area (Å²) < 4.78 is 5.93. The van der Waals surface area contributed by atoms with E-state index in [1.165, 1.54) is 0 Å². The number of likely N-dealkylation sites (tertiary alicyclic amines) is 1. The molecule has 0 bridgehead atoms. The van der Waals surface area contributed by atoms with Gasteiger partial charge in [-0.05, 0) is 56.1 Å². The Labute approximate surface area is 130 Å². The molecule has 2 heterocycles. The van der Waals surface area contributed by atoms with E-state index in [2.05, 4.69) is 4.90 Å². The van der Waals surface area contributed by atoms with E-state index < -0.39 is 0 Å². The molecule has 21 heavy (non-hydrogen) atoms. The summed E-state index contributed by atoms with van der Waals surface area (Å²) in [6.07, 6.45) is 2.13. The van der Waals surface area contributed by atoms with Crippen LogP contribution in [0.4, 0.5) is 0 Å². The van der Waals surface area contributed by atoms with E-state index in [4.69, 9.17) is 16.0 Å². The Hall–Kier alpha value is -1.29. The van der Waals surface area contributed by atoms with Gasteiger partial charge in [-0.2, -0.15) is 0 Å². The minimum absolute atomic E-state index is 0.311. The van der Waals surface area contributed by atoms with Crippen LogP contribution in [0.25, 0.3) is 11.3 Å². The summed E-state index contributed by atoms with van der Waals surface area (Å²) in [6, 6.07) is 11.7. The Balaban J connectivity index is 1.65. The SMILES string of the molecule is OCC1CCN(Cc2ccc(-c3ccccc3Cl)o2)CC1. The summed E-state index contributed by atoms with van der Waals surface area (Å²) in [5, 5.41) is 9.88. The van der Waals surface area contributed by atoms with Gasteiger partial charge in [-0.1, -0.05) is 23.7 Å². The topological polar surface area (TPSA) is 36.6 Å². The zero-order valence-electron chi connectivity index (χ0n) is 12.0. The van der Waals surface area contributed by atoms with E-state index in [1.807, 2.05) is 36.4 Å². The number of piperidine rings is 1. The highest BCUT2D eigenvalue weighted by Gasteiger charge is 2.19. The molecule has 0 atom stereocenters. The highest BCUT2D eigenvalue weighted by molar-refractivity contribution is 6.33. The van der Waals surface area contributed by atoms with Gasteiger partial charge in [0.25, 0.3) is 0 Å². The molecule has 0 unspecified atom stereocenters. The number of furan rings is 1. The van der Waals surface area contributed by atoms with Crippen molar-refractivity contribution in [1.82, 2.24) is 4.90 Å². The molecule has 4 heteroatoms. The first-order valence-corrected chi connectivity index (χ1v) is 7.81. The molecule has 1 saturated heterocycles. The van der Waals surface area contributed by atoms with Crippen molar-refractivity contribution in [3.8, 4) is 11.3 Å².